The molecule has 0 spiro atoms. The quantitative estimate of drug-likeness (QED) is 0.224. The lowest BCUT2D eigenvalue weighted by atomic mass is 9.93. The maximum Gasteiger partial charge on any atom is 0.303 e. The zero-order valence-electron chi connectivity index (χ0n) is 22.6. The van der Waals surface area contributed by atoms with Gasteiger partial charge in [-0.15, -0.1) is 11.8 Å². The summed E-state index contributed by atoms with van der Waals surface area (Å²) in [6.45, 7) is 8.62. The Morgan fingerprint density at radius 2 is 1.71 bits per heavy atom. The first kappa shape index (κ1) is 29.6. The molecule has 0 radical (unpaired) electrons. The molecule has 3 rings (SSSR count). The van der Waals surface area contributed by atoms with Gasteiger partial charge < -0.3 is 15.2 Å². The number of amides is 1. The van der Waals surface area contributed by atoms with Crippen molar-refractivity contribution in [2.75, 3.05) is 6.26 Å². The van der Waals surface area contributed by atoms with Crippen molar-refractivity contribution >= 4 is 35.2 Å². The van der Waals surface area contributed by atoms with Crippen LogP contribution in [-0.2, 0) is 17.8 Å². The van der Waals surface area contributed by atoms with Gasteiger partial charge in [0.25, 0.3) is 5.91 Å². The third-order valence-electron chi connectivity index (χ3n) is 6.24. The fourth-order valence-corrected chi connectivity index (χ4v) is 5.10. The smallest absolute Gasteiger partial charge is 0.303 e. The van der Waals surface area contributed by atoms with Crippen molar-refractivity contribution < 1.29 is 19.4 Å². The van der Waals surface area contributed by atoms with Crippen LogP contribution in [-0.4, -0.2) is 23.2 Å². The fraction of sp³-hybridized carbons (Fsp3) is 0.355. The predicted octanol–water partition coefficient (Wildman–Crippen LogP) is 7.79. The molecule has 3 aromatic rings. The molecule has 0 fully saturated rings. The van der Waals surface area contributed by atoms with Crippen LogP contribution in [0.25, 0.3) is 0 Å². The van der Waals surface area contributed by atoms with Crippen molar-refractivity contribution in [3.05, 3.63) is 93.0 Å². The lowest BCUT2D eigenvalue weighted by Crippen LogP contribution is -2.30. The summed E-state index contributed by atoms with van der Waals surface area (Å²) in [6.07, 6.45) is 2.96. The highest BCUT2D eigenvalue weighted by Gasteiger charge is 2.21. The summed E-state index contributed by atoms with van der Waals surface area (Å²) >= 11 is 7.99. The summed E-state index contributed by atoms with van der Waals surface area (Å²) in [5.41, 5.74) is 5.29. The second-order valence-electron chi connectivity index (χ2n) is 10.0. The van der Waals surface area contributed by atoms with E-state index in [1.54, 1.807) is 30.0 Å². The van der Waals surface area contributed by atoms with Crippen LogP contribution in [0.3, 0.4) is 0 Å². The number of carbonyl (C=O) groups excluding carboxylic acids is 1. The van der Waals surface area contributed by atoms with E-state index in [0.29, 0.717) is 27.8 Å². The van der Waals surface area contributed by atoms with Gasteiger partial charge in [-0.1, -0.05) is 60.8 Å². The van der Waals surface area contributed by atoms with Crippen LogP contribution < -0.4 is 10.1 Å². The summed E-state index contributed by atoms with van der Waals surface area (Å²) in [6, 6.07) is 17.2. The zero-order chi connectivity index (χ0) is 27.8. The molecule has 3 aromatic carbocycles. The summed E-state index contributed by atoms with van der Waals surface area (Å²) < 4.78 is 6.04. The van der Waals surface area contributed by atoms with E-state index < -0.39 is 5.97 Å². The molecule has 5 nitrogen and oxygen atoms in total. The minimum absolute atomic E-state index is 0.0654. The van der Waals surface area contributed by atoms with Crippen molar-refractivity contribution in [2.45, 2.75) is 64.5 Å². The number of aliphatic carboxylic acids is 1. The lowest BCUT2D eigenvalue weighted by molar-refractivity contribution is -0.136. The van der Waals surface area contributed by atoms with E-state index in [9.17, 15) is 14.7 Å². The van der Waals surface area contributed by atoms with Gasteiger partial charge in [0.05, 0.1) is 6.04 Å². The average Bonchev–Trinajstić information content (AvgIpc) is 2.85. The van der Waals surface area contributed by atoms with E-state index in [4.69, 9.17) is 16.3 Å². The molecule has 0 aliphatic rings. The van der Waals surface area contributed by atoms with E-state index >= 15 is 0 Å². The number of carbonyl (C=O) groups is 2. The third kappa shape index (κ3) is 8.53. The van der Waals surface area contributed by atoms with Gasteiger partial charge in [-0.3, -0.25) is 9.59 Å². The molecule has 0 aliphatic heterocycles. The summed E-state index contributed by atoms with van der Waals surface area (Å²) in [5, 5.41) is 13.1. The molecular formula is C31H36ClNO4S. The van der Waals surface area contributed by atoms with E-state index in [-0.39, 0.29) is 31.4 Å². The molecule has 1 unspecified atom stereocenters. The molecule has 0 bridgehead atoms. The van der Waals surface area contributed by atoms with Crippen LogP contribution in [0.15, 0.2) is 59.5 Å². The number of ether oxygens (including phenoxy) is 1. The minimum atomic E-state index is -0.909. The average molecular weight is 554 g/mol. The normalized spacial score (nSPS) is 11.9. The highest BCUT2D eigenvalue weighted by atomic mass is 35.5. The number of nitrogens with one attached hydrogen (secondary N) is 1. The number of benzene rings is 3. The second kappa shape index (κ2) is 13.7. The number of halogens is 1. The van der Waals surface area contributed by atoms with Crippen LogP contribution in [0.5, 0.6) is 5.75 Å². The standard InChI is InChI=1S/C31H36ClNO4S/c1-19(2)12-29(23-14-20(3)13-21(4)15-23)33-31(36)27-17-25(8-6-22(27)7-11-30(34)35)37-18-24-16-26(38-5)9-10-28(24)32/h6,8-10,13-17,19,29H,7,11-12,18H2,1-5H3,(H,33,36)(H,34,35). The number of rotatable bonds is 12. The van der Waals surface area contributed by atoms with Gasteiger partial charge >= 0.3 is 5.97 Å². The Kier molecular flexibility index (Phi) is 10.7. The van der Waals surface area contributed by atoms with Gasteiger partial charge in [-0.25, -0.2) is 0 Å². The van der Waals surface area contributed by atoms with E-state index in [2.05, 4.69) is 51.2 Å². The van der Waals surface area contributed by atoms with Gasteiger partial charge in [-0.05, 0) is 80.3 Å². The number of thioether (sulfide) groups is 1. The lowest BCUT2D eigenvalue weighted by Gasteiger charge is -2.23. The fourth-order valence-electron chi connectivity index (χ4n) is 4.46. The van der Waals surface area contributed by atoms with Crippen LogP contribution >= 0.6 is 23.4 Å². The number of hydrogen-bond donors (Lipinski definition) is 2. The van der Waals surface area contributed by atoms with Gasteiger partial charge in [0.1, 0.15) is 12.4 Å². The van der Waals surface area contributed by atoms with Crippen LogP contribution in [0.2, 0.25) is 5.02 Å². The predicted molar refractivity (Wildman–Crippen MR) is 156 cm³/mol. The molecule has 7 heteroatoms. The molecule has 1 amide bonds. The molecule has 0 aromatic heterocycles. The Balaban J connectivity index is 1.90. The molecule has 0 saturated heterocycles. The third-order valence-corrected chi connectivity index (χ3v) is 7.33. The zero-order valence-corrected chi connectivity index (χ0v) is 24.2. The highest BCUT2D eigenvalue weighted by molar-refractivity contribution is 7.98. The van der Waals surface area contributed by atoms with Gasteiger partial charge in [0.2, 0.25) is 0 Å². The number of carboxylic acids is 1. The first-order chi connectivity index (χ1) is 18.0. The number of hydrogen-bond acceptors (Lipinski definition) is 4. The van der Waals surface area contributed by atoms with Crippen molar-refractivity contribution in [1.29, 1.82) is 0 Å². The molecule has 1 atom stereocenters. The van der Waals surface area contributed by atoms with Gasteiger partial charge in [0, 0.05) is 27.5 Å². The molecule has 38 heavy (non-hydrogen) atoms. The Morgan fingerprint density at radius 3 is 2.34 bits per heavy atom. The van der Waals surface area contributed by atoms with Crippen LogP contribution in [0.4, 0.5) is 0 Å². The van der Waals surface area contributed by atoms with Crippen LogP contribution in [0.1, 0.15) is 70.9 Å². The maximum absolute atomic E-state index is 13.7. The Labute approximate surface area is 234 Å². The maximum atomic E-state index is 13.7. The van der Waals surface area contributed by atoms with Gasteiger partial charge in [0.15, 0.2) is 0 Å². The Hall–Kier alpha value is -2.96. The highest BCUT2D eigenvalue weighted by Crippen LogP contribution is 2.28. The van der Waals surface area contributed by atoms with E-state index in [1.165, 1.54) is 0 Å². The van der Waals surface area contributed by atoms with Crippen LogP contribution in [0, 0.1) is 19.8 Å². The van der Waals surface area contributed by atoms with Crippen molar-refractivity contribution in [2.24, 2.45) is 5.92 Å². The minimum Gasteiger partial charge on any atom is -0.489 e. The molecule has 0 saturated carbocycles. The topological polar surface area (TPSA) is 75.6 Å². The first-order valence-corrected chi connectivity index (χ1v) is 14.3. The molecule has 0 aliphatic carbocycles. The van der Waals surface area contributed by atoms with E-state index in [1.807, 2.05) is 24.5 Å². The number of carboxylic acid groups (broad SMARTS) is 1. The second-order valence-corrected chi connectivity index (χ2v) is 11.3. The summed E-state index contributed by atoms with van der Waals surface area (Å²) in [5.74, 6) is -0.272. The molecule has 202 valence electrons. The summed E-state index contributed by atoms with van der Waals surface area (Å²) in [7, 11) is 0. The van der Waals surface area contributed by atoms with Crippen molar-refractivity contribution in [1.82, 2.24) is 5.32 Å². The molecule has 2 N–H and O–H groups in total. The molecule has 0 heterocycles. The Morgan fingerprint density at radius 1 is 1.00 bits per heavy atom. The van der Waals surface area contributed by atoms with Crippen molar-refractivity contribution in [3.63, 3.8) is 0 Å². The Bertz CT molecular complexity index is 1270. The first-order valence-electron chi connectivity index (χ1n) is 12.7. The molecular weight excluding hydrogens is 518 g/mol. The number of aryl methyl sites for hydroxylation is 3. The monoisotopic (exact) mass is 553 g/mol. The summed E-state index contributed by atoms with van der Waals surface area (Å²) in [4.78, 5) is 26.0. The largest absolute Gasteiger partial charge is 0.489 e. The van der Waals surface area contributed by atoms with Crippen molar-refractivity contribution in [3.8, 4) is 5.75 Å². The SMILES string of the molecule is CSc1ccc(Cl)c(COc2ccc(CCC(=O)O)c(C(=O)NC(CC(C)C)c3cc(C)cc(C)c3)c2)c1. The van der Waals surface area contributed by atoms with E-state index in [0.717, 1.165) is 33.6 Å². The van der Waals surface area contributed by atoms with Gasteiger partial charge in [-0.2, -0.15) is 0 Å².